The van der Waals surface area contributed by atoms with Crippen molar-refractivity contribution in [3.05, 3.63) is 63.6 Å². The van der Waals surface area contributed by atoms with E-state index in [4.69, 9.17) is 4.74 Å². The van der Waals surface area contributed by atoms with E-state index in [1.54, 1.807) is 30.3 Å². The fraction of sp³-hybridized carbons (Fsp3) is 0.150. The maximum Gasteiger partial charge on any atom is 0.335 e. The van der Waals surface area contributed by atoms with Crippen molar-refractivity contribution in [3.8, 4) is 5.75 Å². The van der Waals surface area contributed by atoms with Crippen LogP contribution in [0.2, 0.25) is 0 Å². The molecule has 0 atom stereocenters. The molecule has 3 rings (SSSR count). The van der Waals surface area contributed by atoms with E-state index >= 15 is 0 Å². The number of hydrogen-bond donors (Lipinski definition) is 1. The van der Waals surface area contributed by atoms with Crippen LogP contribution < -0.4 is 15.0 Å². The van der Waals surface area contributed by atoms with Crippen molar-refractivity contribution in [1.29, 1.82) is 0 Å². The Morgan fingerprint density at radius 2 is 1.81 bits per heavy atom. The number of nitrogens with one attached hydrogen (secondary N) is 1. The van der Waals surface area contributed by atoms with Crippen molar-refractivity contribution in [2.75, 3.05) is 12.0 Å². The summed E-state index contributed by atoms with van der Waals surface area (Å²) in [6, 6.07) is 11.5. The van der Waals surface area contributed by atoms with E-state index in [0.29, 0.717) is 17.0 Å². The van der Waals surface area contributed by atoms with E-state index in [9.17, 15) is 14.4 Å². The number of rotatable bonds is 4. The quantitative estimate of drug-likeness (QED) is 0.594. The average Bonchev–Trinajstić information content (AvgIpc) is 2.65. The predicted molar refractivity (Wildman–Crippen MR) is 106 cm³/mol. The second-order valence-corrected chi connectivity index (χ2v) is 6.82. The van der Waals surface area contributed by atoms with Crippen LogP contribution in [0.15, 0.2) is 52.5 Å². The van der Waals surface area contributed by atoms with Crippen molar-refractivity contribution in [2.45, 2.75) is 13.3 Å². The number of nitrogens with zero attached hydrogens (tertiary/aromatic N) is 1. The molecule has 0 unspecified atom stereocenters. The Hall–Kier alpha value is -2.93. The fourth-order valence-electron chi connectivity index (χ4n) is 2.72. The van der Waals surface area contributed by atoms with E-state index in [2.05, 4.69) is 21.2 Å². The molecule has 27 heavy (non-hydrogen) atoms. The topological polar surface area (TPSA) is 75.7 Å². The number of urea groups is 1. The summed E-state index contributed by atoms with van der Waals surface area (Å²) in [5.41, 5.74) is 1.95. The first-order valence-electron chi connectivity index (χ1n) is 8.28. The second kappa shape index (κ2) is 7.75. The molecule has 0 saturated carbocycles. The van der Waals surface area contributed by atoms with Gasteiger partial charge in [0.05, 0.1) is 12.8 Å². The molecule has 0 aliphatic carbocycles. The molecule has 1 heterocycles. The highest BCUT2D eigenvalue weighted by molar-refractivity contribution is 9.10. The Labute approximate surface area is 164 Å². The lowest BCUT2D eigenvalue weighted by Gasteiger charge is -2.26. The van der Waals surface area contributed by atoms with Gasteiger partial charge in [0.1, 0.15) is 11.3 Å². The lowest BCUT2D eigenvalue weighted by Crippen LogP contribution is -2.54. The summed E-state index contributed by atoms with van der Waals surface area (Å²) >= 11 is 3.36. The molecular weight excluding hydrogens is 412 g/mol. The van der Waals surface area contributed by atoms with E-state index in [1.165, 1.54) is 13.2 Å². The van der Waals surface area contributed by atoms with E-state index in [0.717, 1.165) is 21.4 Å². The number of anilines is 1. The molecule has 1 aliphatic rings. The van der Waals surface area contributed by atoms with Crippen LogP contribution in [0.5, 0.6) is 5.75 Å². The molecule has 4 amide bonds. The van der Waals surface area contributed by atoms with Gasteiger partial charge in [-0.15, -0.1) is 0 Å². The van der Waals surface area contributed by atoms with Crippen molar-refractivity contribution in [3.63, 3.8) is 0 Å². The maximum atomic E-state index is 12.9. The number of carbonyl (C=O) groups is 3. The minimum absolute atomic E-state index is 0.130. The number of hydrogen-bond acceptors (Lipinski definition) is 4. The highest BCUT2D eigenvalue weighted by Crippen LogP contribution is 2.26. The van der Waals surface area contributed by atoms with E-state index in [1.807, 2.05) is 19.1 Å². The molecule has 138 valence electrons. The number of aryl methyl sites for hydroxylation is 1. The van der Waals surface area contributed by atoms with Crippen LogP contribution >= 0.6 is 15.9 Å². The Bertz CT molecular complexity index is 951. The van der Waals surface area contributed by atoms with Crippen LogP contribution in [0.3, 0.4) is 0 Å². The van der Waals surface area contributed by atoms with Crippen molar-refractivity contribution in [2.24, 2.45) is 0 Å². The van der Waals surface area contributed by atoms with Crippen LogP contribution in [-0.2, 0) is 16.0 Å². The third kappa shape index (κ3) is 3.93. The lowest BCUT2D eigenvalue weighted by molar-refractivity contribution is -0.122. The number of imide groups is 2. The molecule has 1 saturated heterocycles. The molecule has 7 heteroatoms. The number of amides is 4. The van der Waals surface area contributed by atoms with E-state index < -0.39 is 17.8 Å². The summed E-state index contributed by atoms with van der Waals surface area (Å²) in [5.74, 6) is -0.833. The van der Waals surface area contributed by atoms with Crippen LogP contribution in [0.4, 0.5) is 10.5 Å². The Balaban J connectivity index is 2.00. The fourth-order valence-corrected chi connectivity index (χ4v) is 3.21. The van der Waals surface area contributed by atoms with Gasteiger partial charge in [-0.1, -0.05) is 35.0 Å². The number of benzene rings is 2. The maximum absolute atomic E-state index is 12.9. The highest BCUT2D eigenvalue weighted by atomic mass is 79.9. The van der Waals surface area contributed by atoms with Crippen molar-refractivity contribution in [1.82, 2.24) is 5.32 Å². The van der Waals surface area contributed by atoms with Gasteiger partial charge in [-0.3, -0.25) is 14.9 Å². The molecule has 1 aliphatic heterocycles. The zero-order chi connectivity index (χ0) is 19.6. The molecular formula is C20H17BrN2O4. The van der Waals surface area contributed by atoms with Crippen LogP contribution in [-0.4, -0.2) is 25.0 Å². The summed E-state index contributed by atoms with van der Waals surface area (Å²) in [5, 5.41) is 2.22. The molecule has 0 radical (unpaired) electrons. The van der Waals surface area contributed by atoms with Crippen LogP contribution in [0.25, 0.3) is 6.08 Å². The summed E-state index contributed by atoms with van der Waals surface area (Å²) in [4.78, 5) is 38.3. The number of barbiturate groups is 1. The van der Waals surface area contributed by atoms with Gasteiger partial charge in [0.25, 0.3) is 11.8 Å². The third-order valence-corrected chi connectivity index (χ3v) is 4.60. The number of ether oxygens (including phenoxy) is 1. The van der Waals surface area contributed by atoms with Crippen LogP contribution in [0, 0.1) is 0 Å². The first kappa shape index (κ1) is 18.8. The zero-order valence-corrected chi connectivity index (χ0v) is 16.4. The molecule has 1 fully saturated rings. The predicted octanol–water partition coefficient (Wildman–Crippen LogP) is 3.69. The van der Waals surface area contributed by atoms with Gasteiger partial charge in [0.2, 0.25) is 0 Å². The van der Waals surface area contributed by atoms with Gasteiger partial charge in [-0.25, -0.2) is 9.69 Å². The molecule has 2 aromatic carbocycles. The summed E-state index contributed by atoms with van der Waals surface area (Å²) in [6.45, 7) is 2.01. The lowest BCUT2D eigenvalue weighted by atomic mass is 10.1. The highest BCUT2D eigenvalue weighted by Gasteiger charge is 2.36. The van der Waals surface area contributed by atoms with Crippen molar-refractivity contribution >= 4 is 45.5 Å². The minimum Gasteiger partial charge on any atom is -0.497 e. The smallest absolute Gasteiger partial charge is 0.335 e. The third-order valence-electron chi connectivity index (χ3n) is 4.14. The second-order valence-electron chi connectivity index (χ2n) is 5.90. The monoisotopic (exact) mass is 428 g/mol. The standard InChI is InChI=1S/C20H17BrN2O4/c1-3-12-4-6-15(7-5-12)23-19(25)17(18(24)22-20(23)26)10-13-8-14(21)11-16(9-13)27-2/h4-11H,3H2,1-2H3,(H,22,24,26)/b17-10+. The number of methoxy groups -OCH3 is 1. The molecule has 0 spiro atoms. The number of carbonyl (C=O) groups excluding carboxylic acids is 3. The molecule has 0 bridgehead atoms. The minimum atomic E-state index is -0.766. The zero-order valence-electron chi connectivity index (χ0n) is 14.8. The summed E-state index contributed by atoms with van der Waals surface area (Å²) in [7, 11) is 1.53. The molecule has 1 N–H and O–H groups in total. The average molecular weight is 429 g/mol. The van der Waals surface area contributed by atoms with Gasteiger partial charge >= 0.3 is 6.03 Å². The van der Waals surface area contributed by atoms with Crippen LogP contribution in [0.1, 0.15) is 18.1 Å². The van der Waals surface area contributed by atoms with E-state index in [-0.39, 0.29) is 5.57 Å². The normalized spacial score (nSPS) is 15.9. The Morgan fingerprint density at radius 3 is 2.44 bits per heavy atom. The summed E-state index contributed by atoms with van der Waals surface area (Å²) in [6.07, 6.45) is 2.28. The van der Waals surface area contributed by atoms with Gasteiger partial charge < -0.3 is 4.74 Å². The molecule has 6 nitrogen and oxygen atoms in total. The Morgan fingerprint density at radius 1 is 1.11 bits per heavy atom. The Kier molecular flexibility index (Phi) is 5.41. The largest absolute Gasteiger partial charge is 0.497 e. The first-order valence-corrected chi connectivity index (χ1v) is 9.07. The first-order chi connectivity index (χ1) is 12.9. The van der Waals surface area contributed by atoms with Crippen molar-refractivity contribution < 1.29 is 19.1 Å². The van der Waals surface area contributed by atoms with Gasteiger partial charge in [-0.05, 0) is 54.0 Å². The summed E-state index contributed by atoms with van der Waals surface area (Å²) < 4.78 is 5.94. The van der Waals surface area contributed by atoms with Gasteiger partial charge in [0.15, 0.2) is 0 Å². The molecule has 0 aromatic heterocycles. The SMILES string of the molecule is CCc1ccc(N2C(=O)NC(=O)/C(=C\c3cc(Br)cc(OC)c3)C2=O)cc1. The van der Waals surface area contributed by atoms with Gasteiger partial charge in [-0.2, -0.15) is 0 Å². The van der Waals surface area contributed by atoms with Gasteiger partial charge in [0, 0.05) is 4.47 Å². The number of halogens is 1. The molecule has 2 aromatic rings.